The molecule has 2 heterocycles. The van der Waals surface area contributed by atoms with E-state index in [-0.39, 0.29) is 16.9 Å². The van der Waals surface area contributed by atoms with E-state index >= 15 is 0 Å². The van der Waals surface area contributed by atoms with Crippen LogP contribution in [0, 0.1) is 11.7 Å². The molecule has 1 atom stereocenters. The molecule has 3 aliphatic rings. The lowest BCUT2D eigenvalue weighted by atomic mass is 9.68. The third-order valence-electron chi connectivity index (χ3n) is 8.42. The van der Waals surface area contributed by atoms with Crippen molar-refractivity contribution in [2.75, 3.05) is 25.0 Å². The van der Waals surface area contributed by atoms with Crippen LogP contribution in [0.5, 0.6) is 0 Å². The molecule has 2 aromatic rings. The first-order valence-corrected chi connectivity index (χ1v) is 12.2. The molecule has 1 aliphatic heterocycles. The van der Waals surface area contributed by atoms with Crippen molar-refractivity contribution >= 4 is 5.69 Å². The summed E-state index contributed by atoms with van der Waals surface area (Å²) in [6.07, 6.45) is 3.14. The normalized spacial score (nSPS) is 30.1. The molecule has 2 N–H and O–H groups in total. The highest BCUT2D eigenvalue weighted by atomic mass is 19.4. The summed E-state index contributed by atoms with van der Waals surface area (Å²) in [7, 11) is 1.89. The molecule has 0 bridgehead atoms. The van der Waals surface area contributed by atoms with Crippen LogP contribution in [0.15, 0.2) is 36.7 Å². The van der Waals surface area contributed by atoms with Gasteiger partial charge in [-0.15, -0.1) is 0 Å². The van der Waals surface area contributed by atoms with Crippen LogP contribution in [0.4, 0.5) is 23.2 Å². The van der Waals surface area contributed by atoms with Gasteiger partial charge >= 0.3 is 6.18 Å². The molecule has 0 amide bonds. The van der Waals surface area contributed by atoms with Gasteiger partial charge in [-0.05, 0) is 69.2 Å². The molecule has 35 heavy (non-hydrogen) atoms. The van der Waals surface area contributed by atoms with Crippen LogP contribution in [-0.2, 0) is 11.7 Å². The Balaban J connectivity index is 1.41. The van der Waals surface area contributed by atoms with Crippen LogP contribution < -0.4 is 10.2 Å². The fourth-order valence-corrected chi connectivity index (χ4v) is 6.04. The molecule has 10 heteroatoms. The minimum Gasteiger partial charge on any atom is -0.361 e. The molecule has 190 valence electrons. The van der Waals surface area contributed by atoms with E-state index in [1.54, 1.807) is 17.0 Å². The van der Waals surface area contributed by atoms with Crippen molar-refractivity contribution in [3.63, 3.8) is 0 Å². The molecule has 1 saturated heterocycles. The molecule has 6 nitrogen and oxygen atoms in total. The number of halogens is 4. The number of nitrogens with zero attached hydrogens (tertiary/aromatic N) is 4. The molecular weight excluding hydrogens is 462 g/mol. The van der Waals surface area contributed by atoms with E-state index in [1.807, 2.05) is 13.1 Å². The Labute approximate surface area is 202 Å². The van der Waals surface area contributed by atoms with Gasteiger partial charge in [0.1, 0.15) is 5.82 Å². The van der Waals surface area contributed by atoms with Crippen molar-refractivity contribution in [1.82, 2.24) is 20.2 Å². The second kappa shape index (κ2) is 8.97. The summed E-state index contributed by atoms with van der Waals surface area (Å²) in [5.74, 6) is -0.958. The third-order valence-corrected chi connectivity index (χ3v) is 8.42. The third kappa shape index (κ3) is 4.40. The van der Waals surface area contributed by atoms with Crippen LogP contribution in [0.2, 0.25) is 0 Å². The van der Waals surface area contributed by atoms with Crippen molar-refractivity contribution in [1.29, 1.82) is 0 Å². The van der Waals surface area contributed by atoms with Gasteiger partial charge in [-0.3, -0.25) is 4.90 Å². The minimum atomic E-state index is -4.61. The van der Waals surface area contributed by atoms with E-state index in [4.69, 9.17) is 0 Å². The Bertz CT molecular complexity index is 1030. The summed E-state index contributed by atoms with van der Waals surface area (Å²) in [6, 6.07) is 6.69. The van der Waals surface area contributed by atoms with Gasteiger partial charge in [-0.1, -0.05) is 18.6 Å². The summed E-state index contributed by atoms with van der Waals surface area (Å²) in [5, 5.41) is 14.8. The Morgan fingerprint density at radius 3 is 2.34 bits per heavy atom. The number of aliphatic hydroxyl groups excluding tert-OH is 1. The zero-order valence-electron chi connectivity index (χ0n) is 19.7. The van der Waals surface area contributed by atoms with Crippen LogP contribution in [0.25, 0.3) is 0 Å². The number of aromatic nitrogens is 2. The second-order valence-corrected chi connectivity index (χ2v) is 10.3. The van der Waals surface area contributed by atoms with Gasteiger partial charge in [0.25, 0.3) is 0 Å². The molecule has 1 aromatic heterocycles. The first-order chi connectivity index (χ1) is 16.7. The van der Waals surface area contributed by atoms with Crippen molar-refractivity contribution in [2.45, 2.75) is 68.6 Å². The van der Waals surface area contributed by atoms with Crippen molar-refractivity contribution in [3.05, 3.63) is 53.9 Å². The van der Waals surface area contributed by atoms with Gasteiger partial charge in [0, 0.05) is 24.2 Å². The van der Waals surface area contributed by atoms with Gasteiger partial charge in [0.05, 0.1) is 18.1 Å². The Morgan fingerprint density at radius 2 is 1.80 bits per heavy atom. The molecule has 2 saturated carbocycles. The molecule has 1 spiro atoms. The van der Waals surface area contributed by atoms with E-state index in [2.05, 4.69) is 20.2 Å². The summed E-state index contributed by atoms with van der Waals surface area (Å²) < 4.78 is 52.9. The van der Waals surface area contributed by atoms with Gasteiger partial charge in [0.15, 0.2) is 6.35 Å². The van der Waals surface area contributed by atoms with E-state index < -0.39 is 18.4 Å². The number of hydrogen-bond acceptors (Lipinski definition) is 6. The van der Waals surface area contributed by atoms with Crippen molar-refractivity contribution < 1.29 is 22.7 Å². The number of nitrogens with one attached hydrogen (secondary N) is 1. The maximum absolute atomic E-state index is 14.0. The van der Waals surface area contributed by atoms with Gasteiger partial charge < -0.3 is 15.3 Å². The summed E-state index contributed by atoms with van der Waals surface area (Å²) in [6.45, 7) is 1.21. The molecule has 3 fully saturated rings. The molecule has 1 unspecified atom stereocenters. The van der Waals surface area contributed by atoms with Crippen molar-refractivity contribution in [3.8, 4) is 0 Å². The zero-order chi connectivity index (χ0) is 24.8. The zero-order valence-corrected chi connectivity index (χ0v) is 19.7. The smallest absolute Gasteiger partial charge is 0.361 e. The van der Waals surface area contributed by atoms with Crippen LogP contribution in [0.3, 0.4) is 0 Å². The number of aliphatic hydroxyl groups is 1. The fourth-order valence-electron chi connectivity index (χ4n) is 6.04. The number of rotatable bonds is 5. The summed E-state index contributed by atoms with van der Waals surface area (Å²) in [4.78, 5) is 10.9. The Morgan fingerprint density at radius 1 is 1.11 bits per heavy atom. The lowest BCUT2D eigenvalue weighted by Crippen LogP contribution is -2.57. The minimum absolute atomic E-state index is 0.270. The monoisotopic (exact) mass is 493 g/mol. The van der Waals surface area contributed by atoms with Crippen molar-refractivity contribution in [2.24, 2.45) is 5.92 Å². The number of hydrogen-bond donors (Lipinski definition) is 2. The van der Waals surface area contributed by atoms with E-state index in [0.29, 0.717) is 18.2 Å². The summed E-state index contributed by atoms with van der Waals surface area (Å²) >= 11 is 0. The highest BCUT2D eigenvalue weighted by molar-refractivity contribution is 5.45. The predicted molar refractivity (Wildman–Crippen MR) is 123 cm³/mol. The molecule has 0 radical (unpaired) electrons. The van der Waals surface area contributed by atoms with Gasteiger partial charge in [0.2, 0.25) is 5.82 Å². The largest absolute Gasteiger partial charge is 0.451 e. The standard InChI is InChI=1S/C25H31F4N5O/c1-30-24(18-6-3-7-19(26)12-18)10-8-23(9-11-24)16-33(22(35)34(23)15-17-4-2-5-17)20-13-31-21(32-14-20)25(27,28)29/h3,6-7,12-14,17,22,30,35H,2,4-5,8-11,15-16H2,1H3. The second-order valence-electron chi connectivity index (χ2n) is 10.3. The van der Waals surface area contributed by atoms with Gasteiger partial charge in [-0.2, -0.15) is 13.2 Å². The quantitative estimate of drug-likeness (QED) is 0.607. The van der Waals surface area contributed by atoms with Crippen LogP contribution in [-0.4, -0.2) is 52.0 Å². The Hall–Kier alpha value is -2.30. The topological polar surface area (TPSA) is 64.5 Å². The maximum Gasteiger partial charge on any atom is 0.451 e. The fraction of sp³-hybridized carbons (Fsp3) is 0.600. The molecule has 2 aliphatic carbocycles. The maximum atomic E-state index is 14.0. The van der Waals surface area contributed by atoms with Gasteiger partial charge in [-0.25, -0.2) is 14.4 Å². The molecule has 1 aromatic carbocycles. The lowest BCUT2D eigenvalue weighted by Gasteiger charge is -2.49. The lowest BCUT2D eigenvalue weighted by molar-refractivity contribution is -0.145. The van der Waals surface area contributed by atoms with E-state index in [0.717, 1.165) is 63.0 Å². The average Bonchev–Trinajstić information content (AvgIpc) is 3.08. The summed E-state index contributed by atoms with van der Waals surface area (Å²) in [5.41, 5.74) is 0.569. The molecular formula is C25H31F4N5O. The van der Waals surface area contributed by atoms with E-state index in [1.165, 1.54) is 12.5 Å². The highest BCUT2D eigenvalue weighted by Gasteiger charge is 2.54. The highest BCUT2D eigenvalue weighted by Crippen LogP contribution is 2.49. The number of alkyl halides is 3. The number of benzene rings is 1. The average molecular weight is 494 g/mol. The predicted octanol–water partition coefficient (Wildman–Crippen LogP) is 4.26. The number of anilines is 1. The first-order valence-electron chi connectivity index (χ1n) is 12.2. The van der Waals surface area contributed by atoms with Crippen LogP contribution in [0.1, 0.15) is 56.3 Å². The first kappa shape index (κ1) is 24.4. The Kier molecular flexibility index (Phi) is 6.26. The SMILES string of the molecule is CNC1(c2cccc(F)c2)CCC2(CC1)CN(c1cnc(C(F)(F)F)nc1)C(O)N2CC1CCC1. The van der Waals surface area contributed by atoms with E-state index in [9.17, 15) is 22.7 Å². The van der Waals surface area contributed by atoms with Crippen LogP contribution >= 0.6 is 0 Å². The molecule has 5 rings (SSSR count).